The van der Waals surface area contributed by atoms with Crippen LogP contribution in [0.4, 0.5) is 17.5 Å². The largest absolute Gasteiger partial charge is 0.378 e. The lowest BCUT2D eigenvalue weighted by atomic mass is 10.2. The summed E-state index contributed by atoms with van der Waals surface area (Å²) in [4.78, 5) is 25.8. The van der Waals surface area contributed by atoms with Crippen LogP contribution in [-0.4, -0.2) is 72.4 Å². The van der Waals surface area contributed by atoms with Gasteiger partial charge in [0.05, 0.1) is 24.2 Å². The minimum Gasteiger partial charge on any atom is -0.378 e. The van der Waals surface area contributed by atoms with Crippen molar-refractivity contribution in [2.75, 3.05) is 67.2 Å². The molecule has 2 aliphatic heterocycles. The molecule has 5 rings (SSSR count). The van der Waals surface area contributed by atoms with Crippen molar-refractivity contribution in [3.8, 4) is 0 Å². The van der Waals surface area contributed by atoms with Gasteiger partial charge in [0.2, 0.25) is 0 Å². The molecule has 8 nitrogen and oxygen atoms in total. The van der Waals surface area contributed by atoms with E-state index in [1.165, 1.54) is 0 Å². The Balaban J connectivity index is 1.43. The van der Waals surface area contributed by atoms with Crippen molar-refractivity contribution in [2.45, 2.75) is 6.92 Å². The number of aromatic nitrogens is 4. The van der Waals surface area contributed by atoms with E-state index in [1.807, 2.05) is 43.5 Å². The Morgan fingerprint density at radius 2 is 1.31 bits per heavy atom. The van der Waals surface area contributed by atoms with E-state index in [9.17, 15) is 0 Å². The summed E-state index contributed by atoms with van der Waals surface area (Å²) in [6.07, 6.45) is 1.83. The van der Waals surface area contributed by atoms with Gasteiger partial charge in [-0.1, -0.05) is 12.1 Å². The highest BCUT2D eigenvalue weighted by molar-refractivity contribution is 5.81. The molecule has 2 saturated heterocycles. The number of para-hydroxylation sites is 2. The van der Waals surface area contributed by atoms with Crippen LogP contribution in [0.15, 0.2) is 36.5 Å². The van der Waals surface area contributed by atoms with Crippen LogP contribution < -0.4 is 14.7 Å². The van der Waals surface area contributed by atoms with Crippen molar-refractivity contribution in [1.82, 2.24) is 19.9 Å². The van der Waals surface area contributed by atoms with E-state index in [4.69, 9.17) is 14.7 Å². The van der Waals surface area contributed by atoms with E-state index in [0.29, 0.717) is 0 Å². The number of morpholine rings is 1. The average molecular weight is 391 g/mol. The van der Waals surface area contributed by atoms with Crippen LogP contribution in [-0.2, 0) is 4.74 Å². The van der Waals surface area contributed by atoms with Crippen molar-refractivity contribution < 1.29 is 4.74 Å². The molecule has 0 unspecified atom stereocenters. The maximum atomic E-state index is 5.54. The van der Waals surface area contributed by atoms with Gasteiger partial charge in [0, 0.05) is 45.5 Å². The molecule has 8 heteroatoms. The molecule has 0 spiro atoms. The molecule has 4 heterocycles. The topological polar surface area (TPSA) is 70.5 Å². The molecule has 150 valence electrons. The number of benzene rings is 1. The first kappa shape index (κ1) is 18.1. The van der Waals surface area contributed by atoms with Crippen molar-refractivity contribution in [3.05, 3.63) is 42.4 Å². The van der Waals surface area contributed by atoms with Gasteiger partial charge in [0.1, 0.15) is 11.6 Å². The van der Waals surface area contributed by atoms with Gasteiger partial charge < -0.3 is 19.4 Å². The fourth-order valence-electron chi connectivity index (χ4n) is 3.95. The zero-order valence-corrected chi connectivity index (χ0v) is 16.7. The Morgan fingerprint density at radius 1 is 0.724 bits per heavy atom. The quantitative estimate of drug-likeness (QED) is 0.670. The smallest absolute Gasteiger partial charge is 0.172 e. The van der Waals surface area contributed by atoms with Crippen LogP contribution in [0, 0.1) is 6.92 Å². The number of piperazine rings is 1. The first-order chi connectivity index (χ1) is 14.3. The Morgan fingerprint density at radius 3 is 1.93 bits per heavy atom. The third kappa shape index (κ3) is 3.67. The zero-order chi connectivity index (χ0) is 19.6. The van der Waals surface area contributed by atoms with Gasteiger partial charge in [0.15, 0.2) is 11.6 Å². The third-order valence-electron chi connectivity index (χ3n) is 5.51. The molecule has 0 amide bonds. The van der Waals surface area contributed by atoms with E-state index in [-0.39, 0.29) is 0 Å². The van der Waals surface area contributed by atoms with Gasteiger partial charge in [0.25, 0.3) is 0 Å². The molecule has 0 saturated carbocycles. The summed E-state index contributed by atoms with van der Waals surface area (Å²) in [5, 5.41) is 0. The molecule has 0 N–H and O–H groups in total. The Hall–Kier alpha value is -3.00. The highest BCUT2D eigenvalue weighted by Gasteiger charge is 2.26. The summed E-state index contributed by atoms with van der Waals surface area (Å²) >= 11 is 0. The summed E-state index contributed by atoms with van der Waals surface area (Å²) in [5.74, 6) is 3.75. The number of anilines is 3. The second kappa shape index (κ2) is 7.79. The standard InChI is InChI=1S/C21H25N7O/c1-16-22-7-6-19(23-16)26-8-10-27(11-9-26)20-21(28-12-14-29-15-13-28)25-18-5-3-2-4-17(18)24-20/h2-7H,8-15H2,1H3. The highest BCUT2D eigenvalue weighted by atomic mass is 16.5. The predicted octanol–water partition coefficient (Wildman–Crippen LogP) is 1.89. The number of hydrogen-bond donors (Lipinski definition) is 0. The van der Waals surface area contributed by atoms with Gasteiger partial charge in [-0.15, -0.1) is 0 Å². The number of hydrogen-bond acceptors (Lipinski definition) is 8. The second-order valence-electron chi connectivity index (χ2n) is 7.40. The second-order valence-corrected chi connectivity index (χ2v) is 7.40. The summed E-state index contributed by atoms with van der Waals surface area (Å²) < 4.78 is 5.54. The van der Waals surface area contributed by atoms with Crippen molar-refractivity contribution >= 4 is 28.5 Å². The number of fused-ring (bicyclic) bond motifs is 1. The fourth-order valence-corrected chi connectivity index (χ4v) is 3.95. The lowest BCUT2D eigenvalue weighted by molar-refractivity contribution is 0.122. The number of aryl methyl sites for hydroxylation is 1. The first-order valence-electron chi connectivity index (χ1n) is 10.2. The monoisotopic (exact) mass is 391 g/mol. The summed E-state index contributed by atoms with van der Waals surface area (Å²) in [5.41, 5.74) is 1.88. The van der Waals surface area contributed by atoms with E-state index in [0.717, 1.165) is 86.8 Å². The van der Waals surface area contributed by atoms with Gasteiger partial charge in [-0.3, -0.25) is 0 Å². The lowest BCUT2D eigenvalue weighted by Gasteiger charge is -2.38. The summed E-state index contributed by atoms with van der Waals surface area (Å²) in [7, 11) is 0. The summed E-state index contributed by atoms with van der Waals surface area (Å²) in [6.45, 7) is 8.64. The first-order valence-corrected chi connectivity index (χ1v) is 10.2. The zero-order valence-electron chi connectivity index (χ0n) is 16.7. The van der Waals surface area contributed by atoms with E-state index in [1.54, 1.807) is 0 Å². The van der Waals surface area contributed by atoms with E-state index >= 15 is 0 Å². The molecule has 3 aromatic rings. The molecule has 29 heavy (non-hydrogen) atoms. The SMILES string of the molecule is Cc1nccc(N2CCN(c3nc4ccccc4nc3N3CCOCC3)CC2)n1. The number of nitrogens with zero attached hydrogens (tertiary/aromatic N) is 7. The molecule has 0 aliphatic carbocycles. The van der Waals surface area contributed by atoms with Crippen molar-refractivity contribution in [2.24, 2.45) is 0 Å². The Bertz CT molecular complexity index is 997. The molecule has 1 aromatic carbocycles. The van der Waals surface area contributed by atoms with Crippen LogP contribution in [0.3, 0.4) is 0 Å². The Labute approximate surface area is 170 Å². The van der Waals surface area contributed by atoms with Crippen LogP contribution in [0.25, 0.3) is 11.0 Å². The van der Waals surface area contributed by atoms with Crippen LogP contribution >= 0.6 is 0 Å². The molecule has 0 radical (unpaired) electrons. The molecule has 2 aliphatic rings. The summed E-state index contributed by atoms with van der Waals surface area (Å²) in [6, 6.07) is 10.1. The van der Waals surface area contributed by atoms with Gasteiger partial charge in [-0.05, 0) is 25.1 Å². The van der Waals surface area contributed by atoms with Crippen molar-refractivity contribution in [1.29, 1.82) is 0 Å². The minimum absolute atomic E-state index is 0.731. The predicted molar refractivity (Wildman–Crippen MR) is 114 cm³/mol. The fraction of sp³-hybridized carbons (Fsp3) is 0.429. The number of rotatable bonds is 3. The van der Waals surface area contributed by atoms with E-state index in [2.05, 4.69) is 24.7 Å². The van der Waals surface area contributed by atoms with Gasteiger partial charge in [-0.2, -0.15) is 0 Å². The average Bonchev–Trinajstić information content (AvgIpc) is 2.79. The lowest BCUT2D eigenvalue weighted by Crippen LogP contribution is -2.48. The minimum atomic E-state index is 0.731. The van der Waals surface area contributed by atoms with Crippen LogP contribution in [0.1, 0.15) is 5.82 Å². The van der Waals surface area contributed by atoms with Crippen molar-refractivity contribution in [3.63, 3.8) is 0 Å². The molecule has 2 aromatic heterocycles. The maximum absolute atomic E-state index is 5.54. The van der Waals surface area contributed by atoms with Gasteiger partial charge >= 0.3 is 0 Å². The molecular weight excluding hydrogens is 366 g/mol. The number of ether oxygens (including phenoxy) is 1. The highest BCUT2D eigenvalue weighted by Crippen LogP contribution is 2.30. The van der Waals surface area contributed by atoms with Gasteiger partial charge in [-0.25, -0.2) is 19.9 Å². The molecular formula is C21H25N7O. The normalized spacial score (nSPS) is 17.8. The van der Waals surface area contributed by atoms with E-state index < -0.39 is 0 Å². The Kier molecular flexibility index (Phi) is 4.85. The third-order valence-corrected chi connectivity index (χ3v) is 5.51. The molecule has 0 bridgehead atoms. The molecule has 0 atom stereocenters. The van der Waals surface area contributed by atoms with Crippen LogP contribution in [0.2, 0.25) is 0 Å². The van der Waals surface area contributed by atoms with Crippen LogP contribution in [0.5, 0.6) is 0 Å². The molecule has 2 fully saturated rings. The maximum Gasteiger partial charge on any atom is 0.172 e.